The molecule has 0 aromatic heterocycles. The summed E-state index contributed by atoms with van der Waals surface area (Å²) in [6.45, 7) is 0.610. The number of carbonyl (C=O) groups is 1. The van der Waals surface area contributed by atoms with E-state index in [0.717, 1.165) is 24.8 Å². The van der Waals surface area contributed by atoms with Crippen LogP contribution in [0.15, 0.2) is 10.5 Å². The second kappa shape index (κ2) is 8.10. The minimum atomic E-state index is -4.47. The number of halogens is 4. The van der Waals surface area contributed by atoms with Crippen LogP contribution in [-0.2, 0) is 17.6 Å². The third kappa shape index (κ3) is 4.46. The van der Waals surface area contributed by atoms with E-state index in [2.05, 4.69) is 35.5 Å². The minimum Gasteiger partial charge on any atom is -0.483 e. The number of aryl methyl sites for hydroxylation is 1. The fourth-order valence-electron chi connectivity index (χ4n) is 2.70. The molecule has 0 heterocycles. The van der Waals surface area contributed by atoms with Gasteiger partial charge in [0.05, 0.1) is 0 Å². The van der Waals surface area contributed by atoms with Gasteiger partial charge in [-0.3, -0.25) is 4.79 Å². The summed E-state index contributed by atoms with van der Waals surface area (Å²) in [6.07, 6.45) is -2.88. The number of rotatable bonds is 7. The topological polar surface area (TPSA) is 35.5 Å². The zero-order valence-electron chi connectivity index (χ0n) is 13.1. The summed E-state index contributed by atoms with van der Waals surface area (Å²) in [7, 11) is 0. The molecule has 2 rings (SSSR count). The van der Waals surface area contributed by atoms with Crippen molar-refractivity contribution in [3.05, 3.63) is 27.2 Å². The molecule has 0 fully saturated rings. The van der Waals surface area contributed by atoms with Crippen molar-refractivity contribution in [2.24, 2.45) is 0 Å². The summed E-state index contributed by atoms with van der Waals surface area (Å²) in [5, 5.41) is 0. The largest absolute Gasteiger partial charge is 0.483 e. The van der Waals surface area contributed by atoms with Crippen molar-refractivity contribution in [3.8, 4) is 5.75 Å². The van der Waals surface area contributed by atoms with Crippen LogP contribution in [0.5, 0.6) is 5.75 Å². The second-order valence-electron chi connectivity index (χ2n) is 5.56. The molecular weight excluding hydrogens is 409 g/mol. The van der Waals surface area contributed by atoms with Crippen molar-refractivity contribution in [2.45, 2.75) is 44.9 Å². The summed E-state index contributed by atoms with van der Waals surface area (Å²) < 4.78 is 48.0. The number of alkyl halides is 3. The zero-order chi connectivity index (χ0) is 17.9. The van der Waals surface area contributed by atoms with Gasteiger partial charge in [-0.2, -0.15) is 13.2 Å². The van der Waals surface area contributed by atoms with E-state index in [1.807, 2.05) is 6.07 Å². The molecule has 1 aliphatic rings. The van der Waals surface area contributed by atoms with Gasteiger partial charge in [0.25, 0.3) is 0 Å². The smallest absolute Gasteiger partial charge is 0.411 e. The zero-order valence-corrected chi connectivity index (χ0v) is 15.6. The summed E-state index contributed by atoms with van der Waals surface area (Å²) in [5.41, 5.74) is 1.85. The van der Waals surface area contributed by atoms with Gasteiger partial charge in [0, 0.05) is 22.0 Å². The van der Waals surface area contributed by atoms with E-state index in [1.165, 1.54) is 0 Å². The Labute approximate surface area is 152 Å². The van der Waals surface area contributed by atoms with Gasteiger partial charge in [-0.1, -0.05) is 13.3 Å². The van der Waals surface area contributed by atoms with Crippen LogP contribution in [0, 0.1) is 0 Å². The number of hydrogen-bond donors (Lipinski definition) is 1. The highest BCUT2D eigenvalue weighted by Gasteiger charge is 2.39. The van der Waals surface area contributed by atoms with Crippen molar-refractivity contribution in [1.29, 1.82) is 0 Å². The van der Waals surface area contributed by atoms with Crippen molar-refractivity contribution in [1.82, 2.24) is 0 Å². The van der Waals surface area contributed by atoms with Gasteiger partial charge < -0.3 is 9.47 Å². The third-order valence-corrected chi connectivity index (χ3v) is 4.84. The van der Waals surface area contributed by atoms with Crippen molar-refractivity contribution in [3.63, 3.8) is 0 Å². The number of benzene rings is 1. The van der Waals surface area contributed by atoms with Crippen molar-refractivity contribution in [2.75, 3.05) is 12.5 Å². The predicted octanol–water partition coefficient (Wildman–Crippen LogP) is 4.74. The molecule has 0 amide bonds. The molecule has 0 saturated carbocycles. The van der Waals surface area contributed by atoms with Crippen LogP contribution in [0.25, 0.3) is 0 Å². The van der Waals surface area contributed by atoms with Crippen LogP contribution in [0.2, 0.25) is 0 Å². The Morgan fingerprint density at radius 2 is 2.12 bits per heavy atom. The lowest BCUT2D eigenvalue weighted by molar-refractivity contribution is -0.179. The van der Waals surface area contributed by atoms with E-state index in [4.69, 9.17) is 9.47 Å². The number of Topliss-reactive ketones (excluding diaryl/α,β-unsaturated/α-hetero) is 1. The van der Waals surface area contributed by atoms with Crippen LogP contribution in [0.3, 0.4) is 0 Å². The Balaban J connectivity index is 2.33. The predicted molar refractivity (Wildman–Crippen MR) is 91.1 cm³/mol. The first-order valence-corrected chi connectivity index (χ1v) is 9.01. The third-order valence-electron chi connectivity index (χ3n) is 3.80. The van der Waals surface area contributed by atoms with E-state index in [1.54, 1.807) is 0 Å². The van der Waals surface area contributed by atoms with Gasteiger partial charge in [0.15, 0.2) is 5.78 Å². The standard InChI is InChI=1S/C16H18BrF3O3S/c1-2-3-4-9-5-11(23-8-24)10-6-12(22-7-16(18,19)20)15(21)13(10)14(9)17/h5,12,24H,2-4,6-8H2,1H3. The van der Waals surface area contributed by atoms with E-state index < -0.39 is 24.7 Å². The van der Waals surface area contributed by atoms with E-state index in [-0.39, 0.29) is 12.4 Å². The van der Waals surface area contributed by atoms with Gasteiger partial charge in [0.1, 0.15) is 24.4 Å². The molecule has 1 aromatic carbocycles. The SMILES string of the molecule is CCCCc1cc(OCS)c2c(c1Br)C(=O)C(OCC(F)(F)F)C2. The molecule has 0 saturated heterocycles. The molecule has 134 valence electrons. The van der Waals surface area contributed by atoms with Crippen molar-refractivity contribution < 1.29 is 27.4 Å². The Morgan fingerprint density at radius 1 is 1.42 bits per heavy atom. The highest BCUT2D eigenvalue weighted by molar-refractivity contribution is 9.10. The number of ketones is 1. The molecule has 0 radical (unpaired) electrons. The van der Waals surface area contributed by atoms with Crippen LogP contribution in [0.1, 0.15) is 41.3 Å². The van der Waals surface area contributed by atoms with Gasteiger partial charge in [0.2, 0.25) is 0 Å². The normalized spacial score (nSPS) is 17.2. The molecule has 24 heavy (non-hydrogen) atoms. The Kier molecular flexibility index (Phi) is 6.61. The quantitative estimate of drug-likeness (QED) is 0.504. The lowest BCUT2D eigenvalue weighted by Crippen LogP contribution is -2.27. The van der Waals surface area contributed by atoms with Crippen LogP contribution in [-0.4, -0.2) is 30.6 Å². The summed E-state index contributed by atoms with van der Waals surface area (Å²) >= 11 is 7.46. The number of thiol groups is 1. The van der Waals surface area contributed by atoms with Gasteiger partial charge in [-0.05, 0) is 40.4 Å². The molecule has 8 heteroatoms. The first-order valence-electron chi connectivity index (χ1n) is 7.59. The lowest BCUT2D eigenvalue weighted by Gasteiger charge is -2.14. The highest BCUT2D eigenvalue weighted by atomic mass is 79.9. The van der Waals surface area contributed by atoms with Crippen LogP contribution >= 0.6 is 28.6 Å². The monoisotopic (exact) mass is 426 g/mol. The summed E-state index contributed by atoms with van der Waals surface area (Å²) in [4.78, 5) is 12.5. The average molecular weight is 427 g/mol. The lowest BCUT2D eigenvalue weighted by atomic mass is 10.0. The number of ether oxygens (including phenoxy) is 2. The Bertz CT molecular complexity index is 620. The van der Waals surface area contributed by atoms with Gasteiger partial charge in [-0.25, -0.2) is 0 Å². The fraction of sp³-hybridized carbons (Fsp3) is 0.562. The molecule has 1 aliphatic carbocycles. The maximum Gasteiger partial charge on any atom is 0.411 e. The molecule has 0 spiro atoms. The fourth-order valence-corrected chi connectivity index (χ4v) is 3.59. The van der Waals surface area contributed by atoms with Crippen molar-refractivity contribution >= 4 is 34.3 Å². The second-order valence-corrected chi connectivity index (χ2v) is 6.61. The van der Waals surface area contributed by atoms with Gasteiger partial charge >= 0.3 is 6.18 Å². The minimum absolute atomic E-state index is 0.0695. The highest BCUT2D eigenvalue weighted by Crippen LogP contribution is 2.40. The van der Waals surface area contributed by atoms with Gasteiger partial charge in [-0.15, -0.1) is 12.6 Å². The molecule has 0 N–H and O–H groups in total. The van der Waals surface area contributed by atoms with E-state index >= 15 is 0 Å². The number of hydrogen-bond acceptors (Lipinski definition) is 4. The molecule has 1 atom stereocenters. The molecule has 3 nitrogen and oxygen atoms in total. The molecule has 1 unspecified atom stereocenters. The first kappa shape index (κ1) is 19.6. The van der Waals surface area contributed by atoms with Crippen LogP contribution < -0.4 is 4.74 Å². The molecule has 1 aromatic rings. The molecule has 0 aliphatic heterocycles. The number of fused-ring (bicyclic) bond motifs is 1. The summed E-state index contributed by atoms with van der Waals surface area (Å²) in [6, 6.07) is 1.83. The Hall–Kier alpha value is -0.730. The first-order chi connectivity index (χ1) is 11.3. The number of carbonyl (C=O) groups excluding carboxylic acids is 1. The number of unbranched alkanes of at least 4 members (excludes halogenated alkanes) is 1. The van der Waals surface area contributed by atoms with E-state index in [9.17, 15) is 18.0 Å². The van der Waals surface area contributed by atoms with E-state index in [0.29, 0.717) is 21.3 Å². The maximum absolute atomic E-state index is 12.5. The summed E-state index contributed by atoms with van der Waals surface area (Å²) in [5.74, 6) is 0.160. The average Bonchev–Trinajstić information content (AvgIpc) is 2.84. The Morgan fingerprint density at radius 3 is 2.71 bits per heavy atom. The molecular formula is C16H18BrF3O3S. The van der Waals surface area contributed by atoms with Crippen LogP contribution in [0.4, 0.5) is 13.2 Å². The molecule has 0 bridgehead atoms. The maximum atomic E-state index is 12.5.